The average Bonchev–Trinajstić information content (AvgIpc) is 2.34. The van der Waals surface area contributed by atoms with Crippen molar-refractivity contribution in [2.24, 2.45) is 5.73 Å². The Kier molecular flexibility index (Phi) is 5.30. The number of aryl methyl sites for hydroxylation is 1. The fourth-order valence-corrected chi connectivity index (χ4v) is 1.73. The van der Waals surface area contributed by atoms with Crippen molar-refractivity contribution in [2.75, 3.05) is 13.2 Å². The summed E-state index contributed by atoms with van der Waals surface area (Å²) in [7, 11) is 0. The van der Waals surface area contributed by atoms with Crippen LogP contribution in [0.3, 0.4) is 0 Å². The number of hydrogen-bond acceptors (Lipinski definition) is 3. The Hall–Kier alpha value is -1.62. The molecule has 0 heterocycles. The molecule has 0 spiro atoms. The summed E-state index contributed by atoms with van der Waals surface area (Å²) in [5, 5.41) is 3.04. The fraction of sp³-hybridized carbons (Fsp3) is 0.500. The summed E-state index contributed by atoms with van der Waals surface area (Å²) in [4.78, 5) is 11.4. The van der Waals surface area contributed by atoms with Gasteiger partial charge < -0.3 is 15.8 Å². The molecule has 0 fully saturated rings. The minimum absolute atomic E-state index is 0.287. The molecule has 0 aliphatic carbocycles. The van der Waals surface area contributed by atoms with Crippen LogP contribution in [0.15, 0.2) is 18.2 Å². The Bertz CT molecular complexity index is 451. The topological polar surface area (TPSA) is 64.3 Å². The highest BCUT2D eigenvalue weighted by Gasteiger charge is 2.29. The number of carbonyl (C=O) groups excluding carboxylic acids is 1. The summed E-state index contributed by atoms with van der Waals surface area (Å²) in [5.74, 6) is -0.277. The van der Waals surface area contributed by atoms with Crippen LogP contribution in [0.1, 0.15) is 25.8 Å². The highest BCUT2D eigenvalue weighted by atomic mass is 19.1. The maximum absolute atomic E-state index is 13.3. The van der Waals surface area contributed by atoms with Crippen molar-refractivity contribution in [3.8, 4) is 5.75 Å². The molecular weight excluding hydrogens is 247 g/mol. The number of primary amides is 1. The number of nitrogens with two attached hydrogens (primary N) is 1. The largest absolute Gasteiger partial charge is 0.493 e. The van der Waals surface area contributed by atoms with Crippen molar-refractivity contribution in [3.05, 3.63) is 29.6 Å². The van der Waals surface area contributed by atoms with Gasteiger partial charge in [0.25, 0.3) is 0 Å². The van der Waals surface area contributed by atoms with Crippen LogP contribution < -0.4 is 15.8 Å². The number of hydrogen-bond donors (Lipinski definition) is 2. The molecule has 0 saturated heterocycles. The molecule has 0 radical (unpaired) electrons. The van der Waals surface area contributed by atoms with E-state index in [0.717, 1.165) is 0 Å². The number of nitrogens with one attached hydrogen (secondary N) is 1. The Labute approximate surface area is 113 Å². The Morgan fingerprint density at radius 2 is 2.21 bits per heavy atom. The lowest BCUT2D eigenvalue weighted by Gasteiger charge is -2.26. The zero-order valence-corrected chi connectivity index (χ0v) is 11.6. The van der Waals surface area contributed by atoms with Gasteiger partial charge in [0.1, 0.15) is 11.6 Å². The highest BCUT2D eigenvalue weighted by Crippen LogP contribution is 2.17. The first-order valence-electron chi connectivity index (χ1n) is 6.33. The Morgan fingerprint density at radius 1 is 1.53 bits per heavy atom. The summed E-state index contributed by atoms with van der Waals surface area (Å²) >= 11 is 0. The van der Waals surface area contributed by atoms with E-state index >= 15 is 0 Å². The molecule has 1 aromatic rings. The number of carbonyl (C=O) groups is 1. The maximum atomic E-state index is 13.3. The van der Waals surface area contributed by atoms with Crippen LogP contribution in [-0.4, -0.2) is 24.6 Å². The van der Waals surface area contributed by atoms with Gasteiger partial charge in [-0.05, 0) is 32.0 Å². The van der Waals surface area contributed by atoms with Gasteiger partial charge in [0.2, 0.25) is 5.91 Å². The minimum atomic E-state index is -0.808. The monoisotopic (exact) mass is 268 g/mol. The summed E-state index contributed by atoms with van der Waals surface area (Å²) in [6.07, 6.45) is 0.422. The van der Waals surface area contributed by atoms with Crippen molar-refractivity contribution < 1.29 is 13.9 Å². The van der Waals surface area contributed by atoms with E-state index in [1.165, 1.54) is 6.07 Å². The van der Waals surface area contributed by atoms with E-state index in [-0.39, 0.29) is 12.4 Å². The molecular formula is C14H21FN2O2. The summed E-state index contributed by atoms with van der Waals surface area (Å²) in [6, 6.07) is 4.69. The molecule has 0 saturated carbocycles. The Balaban J connectivity index is 2.57. The van der Waals surface area contributed by atoms with Crippen molar-refractivity contribution in [1.29, 1.82) is 0 Å². The van der Waals surface area contributed by atoms with Crippen LogP contribution in [0.4, 0.5) is 4.39 Å². The first kappa shape index (κ1) is 15.4. The van der Waals surface area contributed by atoms with E-state index in [1.54, 1.807) is 26.0 Å². The summed E-state index contributed by atoms with van der Waals surface area (Å²) < 4.78 is 18.8. The van der Waals surface area contributed by atoms with Crippen LogP contribution >= 0.6 is 0 Å². The van der Waals surface area contributed by atoms with Crippen LogP contribution in [-0.2, 0) is 4.79 Å². The first-order valence-corrected chi connectivity index (χ1v) is 6.33. The number of ether oxygens (including phenoxy) is 1. The fourth-order valence-electron chi connectivity index (χ4n) is 1.73. The standard InChI is InChI=1S/C14H21FN2O2/c1-4-17-14(3,13(16)18)7-8-19-11-6-5-10(2)12(15)9-11/h5-6,9,17H,4,7-8H2,1-3H3,(H2,16,18). The van der Waals surface area contributed by atoms with Crippen molar-refractivity contribution in [2.45, 2.75) is 32.7 Å². The van der Waals surface area contributed by atoms with Gasteiger partial charge in [0.05, 0.1) is 12.1 Å². The van der Waals surface area contributed by atoms with E-state index in [0.29, 0.717) is 24.3 Å². The van der Waals surface area contributed by atoms with Gasteiger partial charge >= 0.3 is 0 Å². The van der Waals surface area contributed by atoms with E-state index in [9.17, 15) is 9.18 Å². The predicted molar refractivity (Wildman–Crippen MR) is 72.5 cm³/mol. The second kappa shape index (κ2) is 6.52. The molecule has 5 heteroatoms. The quantitative estimate of drug-likeness (QED) is 0.792. The van der Waals surface area contributed by atoms with Crippen LogP contribution in [0, 0.1) is 12.7 Å². The normalized spacial score (nSPS) is 13.9. The molecule has 0 aliphatic rings. The van der Waals surface area contributed by atoms with Crippen molar-refractivity contribution >= 4 is 5.91 Å². The predicted octanol–water partition coefficient (Wildman–Crippen LogP) is 1.76. The number of likely N-dealkylation sites (N-methyl/N-ethyl adjacent to an activating group) is 1. The molecule has 0 aromatic heterocycles. The molecule has 1 rings (SSSR count). The third kappa shape index (κ3) is 4.21. The smallest absolute Gasteiger partial charge is 0.237 e. The van der Waals surface area contributed by atoms with Gasteiger partial charge in [-0.1, -0.05) is 13.0 Å². The number of halogens is 1. The molecule has 1 amide bonds. The van der Waals surface area contributed by atoms with E-state index in [2.05, 4.69) is 5.32 Å². The lowest BCUT2D eigenvalue weighted by atomic mass is 9.97. The SMILES string of the molecule is CCNC(C)(CCOc1ccc(C)c(F)c1)C(N)=O. The zero-order valence-electron chi connectivity index (χ0n) is 11.6. The Morgan fingerprint density at radius 3 is 2.74 bits per heavy atom. The van der Waals surface area contributed by atoms with E-state index in [4.69, 9.17) is 10.5 Å². The van der Waals surface area contributed by atoms with Gasteiger partial charge in [-0.2, -0.15) is 0 Å². The molecule has 19 heavy (non-hydrogen) atoms. The molecule has 0 aliphatic heterocycles. The van der Waals surface area contributed by atoms with Gasteiger partial charge in [0, 0.05) is 12.5 Å². The first-order chi connectivity index (χ1) is 8.89. The third-order valence-electron chi connectivity index (χ3n) is 3.12. The number of amides is 1. The highest BCUT2D eigenvalue weighted by molar-refractivity contribution is 5.84. The second-order valence-corrected chi connectivity index (χ2v) is 4.74. The summed E-state index contributed by atoms with van der Waals surface area (Å²) in [5.41, 5.74) is 5.13. The molecule has 1 unspecified atom stereocenters. The van der Waals surface area contributed by atoms with E-state index < -0.39 is 11.4 Å². The number of benzene rings is 1. The van der Waals surface area contributed by atoms with Gasteiger partial charge in [-0.3, -0.25) is 4.79 Å². The van der Waals surface area contributed by atoms with Crippen molar-refractivity contribution in [3.63, 3.8) is 0 Å². The molecule has 106 valence electrons. The molecule has 0 bridgehead atoms. The molecule has 4 nitrogen and oxygen atoms in total. The average molecular weight is 268 g/mol. The maximum Gasteiger partial charge on any atom is 0.237 e. The van der Waals surface area contributed by atoms with E-state index in [1.807, 2.05) is 6.92 Å². The van der Waals surface area contributed by atoms with Crippen LogP contribution in [0.25, 0.3) is 0 Å². The third-order valence-corrected chi connectivity index (χ3v) is 3.12. The van der Waals surface area contributed by atoms with Gasteiger partial charge in [-0.15, -0.1) is 0 Å². The molecule has 3 N–H and O–H groups in total. The molecule has 1 atom stereocenters. The van der Waals surface area contributed by atoms with Gasteiger partial charge in [-0.25, -0.2) is 4.39 Å². The van der Waals surface area contributed by atoms with Gasteiger partial charge in [0.15, 0.2) is 0 Å². The van der Waals surface area contributed by atoms with Crippen LogP contribution in [0.5, 0.6) is 5.75 Å². The van der Waals surface area contributed by atoms with Crippen LogP contribution in [0.2, 0.25) is 0 Å². The number of rotatable bonds is 7. The minimum Gasteiger partial charge on any atom is -0.493 e. The van der Waals surface area contributed by atoms with Crippen molar-refractivity contribution in [1.82, 2.24) is 5.32 Å². The lowest BCUT2D eigenvalue weighted by molar-refractivity contribution is -0.124. The zero-order chi connectivity index (χ0) is 14.5. The lowest BCUT2D eigenvalue weighted by Crippen LogP contribution is -2.53. The second-order valence-electron chi connectivity index (χ2n) is 4.74. The molecule has 1 aromatic carbocycles. The summed E-state index contributed by atoms with van der Waals surface area (Å²) in [6.45, 7) is 6.25.